The molecule has 2 atom stereocenters. The fourth-order valence-corrected chi connectivity index (χ4v) is 7.04. The van der Waals surface area contributed by atoms with Crippen molar-refractivity contribution in [3.8, 4) is 10.4 Å². The van der Waals surface area contributed by atoms with E-state index in [2.05, 4.69) is 10.0 Å². The van der Waals surface area contributed by atoms with Crippen LogP contribution in [0.2, 0.25) is 5.02 Å². The van der Waals surface area contributed by atoms with Crippen molar-refractivity contribution < 1.29 is 18.3 Å². The second kappa shape index (κ2) is 8.85. The van der Waals surface area contributed by atoms with Crippen LogP contribution in [0.4, 0.5) is 0 Å². The third-order valence-corrected chi connectivity index (χ3v) is 9.42. The normalized spacial score (nSPS) is 22.4. The van der Waals surface area contributed by atoms with Crippen molar-refractivity contribution >= 4 is 38.9 Å². The van der Waals surface area contributed by atoms with Crippen molar-refractivity contribution in [2.45, 2.75) is 41.5 Å². The molecule has 0 bridgehead atoms. The SMILES string of the molecule is CC(C)NCC1(c2ccccc2)CC1(NS(=O)(=O)c1ccc(-c2ccc(Cl)cc2)s1)C(=O)O. The molecule has 1 aliphatic carbocycles. The number of rotatable bonds is 9. The first-order valence-corrected chi connectivity index (χ1v) is 13.2. The van der Waals surface area contributed by atoms with Crippen LogP contribution >= 0.6 is 22.9 Å². The molecule has 0 aliphatic heterocycles. The summed E-state index contributed by atoms with van der Waals surface area (Å²) in [5.41, 5.74) is -0.908. The fourth-order valence-electron chi connectivity index (χ4n) is 4.18. The zero-order chi connectivity index (χ0) is 23.9. The lowest BCUT2D eigenvalue weighted by Gasteiger charge is -2.25. The monoisotopic (exact) mass is 504 g/mol. The van der Waals surface area contributed by atoms with E-state index < -0.39 is 26.9 Å². The van der Waals surface area contributed by atoms with E-state index in [1.54, 1.807) is 18.2 Å². The highest BCUT2D eigenvalue weighted by atomic mass is 35.5. The third-order valence-electron chi connectivity index (χ3n) is 6.05. The Morgan fingerprint density at radius 2 is 1.76 bits per heavy atom. The number of thiophene rings is 1. The van der Waals surface area contributed by atoms with Gasteiger partial charge in [0, 0.05) is 27.9 Å². The molecule has 1 heterocycles. The fraction of sp³-hybridized carbons (Fsp3) is 0.292. The second-order valence-electron chi connectivity index (χ2n) is 8.60. The van der Waals surface area contributed by atoms with Crippen molar-refractivity contribution in [1.82, 2.24) is 10.0 Å². The minimum absolute atomic E-state index is 0.0683. The highest BCUT2D eigenvalue weighted by Gasteiger charge is 2.74. The van der Waals surface area contributed by atoms with Gasteiger partial charge in [-0.05, 0) is 41.8 Å². The lowest BCUT2D eigenvalue weighted by Crippen LogP contribution is -2.51. The van der Waals surface area contributed by atoms with Gasteiger partial charge in [0.1, 0.15) is 9.75 Å². The molecule has 1 aliphatic rings. The molecular formula is C24H25ClN2O4S2. The summed E-state index contributed by atoms with van der Waals surface area (Å²) >= 11 is 7.04. The summed E-state index contributed by atoms with van der Waals surface area (Å²) in [5.74, 6) is -1.19. The Balaban J connectivity index is 1.68. The standard InChI is InChI=1S/C24H25ClN2O4S2/c1-16(2)26-15-23(18-6-4-3-5-7-18)14-24(23,22(28)29)27-33(30,31)21-13-12-20(32-21)17-8-10-19(25)11-9-17/h3-13,16,26-27H,14-15H2,1-2H3,(H,28,29). The summed E-state index contributed by atoms with van der Waals surface area (Å²) in [6.45, 7) is 4.28. The van der Waals surface area contributed by atoms with Crippen LogP contribution in [0.1, 0.15) is 25.8 Å². The first-order chi connectivity index (χ1) is 15.6. The summed E-state index contributed by atoms with van der Waals surface area (Å²) in [6, 6.07) is 19.7. The molecule has 0 spiro atoms. The van der Waals surface area contributed by atoms with E-state index in [1.807, 2.05) is 56.3 Å². The van der Waals surface area contributed by atoms with Gasteiger partial charge in [0.05, 0.1) is 0 Å². The van der Waals surface area contributed by atoms with Gasteiger partial charge >= 0.3 is 5.97 Å². The number of carboxylic acids is 1. The maximum atomic E-state index is 13.3. The summed E-state index contributed by atoms with van der Waals surface area (Å²) < 4.78 is 29.3. The molecule has 9 heteroatoms. The van der Waals surface area contributed by atoms with Gasteiger partial charge in [0.15, 0.2) is 0 Å². The lowest BCUT2D eigenvalue weighted by atomic mass is 9.90. The molecule has 0 saturated heterocycles. The van der Waals surface area contributed by atoms with Crippen LogP contribution in [-0.4, -0.2) is 37.6 Å². The van der Waals surface area contributed by atoms with Crippen LogP contribution in [0.5, 0.6) is 0 Å². The predicted octanol–water partition coefficient (Wildman–Crippen LogP) is 4.51. The Bertz CT molecular complexity index is 1260. The number of hydrogen-bond donors (Lipinski definition) is 3. The van der Waals surface area contributed by atoms with E-state index in [-0.39, 0.29) is 16.7 Å². The third kappa shape index (κ3) is 4.46. The molecule has 3 N–H and O–H groups in total. The minimum atomic E-state index is -4.08. The Morgan fingerprint density at radius 3 is 2.36 bits per heavy atom. The van der Waals surface area contributed by atoms with E-state index in [0.717, 1.165) is 27.3 Å². The van der Waals surface area contributed by atoms with Gasteiger partial charge in [-0.3, -0.25) is 4.79 Å². The Morgan fingerprint density at radius 1 is 1.09 bits per heavy atom. The van der Waals surface area contributed by atoms with E-state index >= 15 is 0 Å². The molecular weight excluding hydrogens is 480 g/mol. The highest BCUT2D eigenvalue weighted by molar-refractivity contribution is 7.91. The first kappa shape index (κ1) is 23.9. The van der Waals surface area contributed by atoms with Crippen LogP contribution in [0.15, 0.2) is 70.9 Å². The number of carboxylic acid groups (broad SMARTS) is 1. The number of benzene rings is 2. The van der Waals surface area contributed by atoms with Crippen LogP contribution in [0.25, 0.3) is 10.4 Å². The molecule has 2 aromatic carbocycles. The smallest absolute Gasteiger partial charge is 0.325 e. The van der Waals surface area contributed by atoms with Crippen LogP contribution in [0.3, 0.4) is 0 Å². The lowest BCUT2D eigenvalue weighted by molar-refractivity contribution is -0.140. The summed E-state index contributed by atoms with van der Waals surface area (Å²) in [7, 11) is -4.08. The maximum Gasteiger partial charge on any atom is 0.325 e. The number of aliphatic carboxylic acids is 1. The first-order valence-electron chi connectivity index (χ1n) is 10.5. The average molecular weight is 505 g/mol. The zero-order valence-corrected chi connectivity index (χ0v) is 20.6. The molecule has 1 fully saturated rings. The van der Waals surface area contributed by atoms with E-state index in [0.29, 0.717) is 11.6 Å². The van der Waals surface area contributed by atoms with E-state index in [9.17, 15) is 18.3 Å². The molecule has 4 rings (SSSR count). The molecule has 1 saturated carbocycles. The van der Waals surface area contributed by atoms with Crippen molar-refractivity contribution in [3.63, 3.8) is 0 Å². The van der Waals surface area contributed by atoms with Crippen LogP contribution in [-0.2, 0) is 20.2 Å². The van der Waals surface area contributed by atoms with Gasteiger partial charge in [-0.2, -0.15) is 4.72 Å². The van der Waals surface area contributed by atoms with Gasteiger partial charge in [-0.1, -0.05) is 67.9 Å². The molecule has 0 amide bonds. The average Bonchev–Trinajstić information content (AvgIpc) is 3.15. The molecule has 33 heavy (non-hydrogen) atoms. The molecule has 3 aromatic rings. The van der Waals surface area contributed by atoms with Gasteiger partial charge in [0.2, 0.25) is 0 Å². The minimum Gasteiger partial charge on any atom is -0.480 e. The van der Waals surface area contributed by atoms with E-state index in [1.165, 1.54) is 6.07 Å². The van der Waals surface area contributed by atoms with Gasteiger partial charge < -0.3 is 10.4 Å². The quantitative estimate of drug-likeness (QED) is 0.398. The van der Waals surface area contributed by atoms with Gasteiger partial charge in [0.25, 0.3) is 10.0 Å². The summed E-state index contributed by atoms with van der Waals surface area (Å²) in [6.07, 6.45) is 0.160. The van der Waals surface area contributed by atoms with Crippen molar-refractivity contribution in [3.05, 3.63) is 77.3 Å². The Labute approximate surface area is 202 Å². The number of carbonyl (C=O) groups is 1. The van der Waals surface area contributed by atoms with Gasteiger partial charge in [-0.25, -0.2) is 8.42 Å². The van der Waals surface area contributed by atoms with E-state index in [4.69, 9.17) is 11.6 Å². The second-order valence-corrected chi connectivity index (χ2v) is 12.0. The van der Waals surface area contributed by atoms with Crippen molar-refractivity contribution in [2.75, 3.05) is 6.54 Å². The van der Waals surface area contributed by atoms with Crippen molar-refractivity contribution in [1.29, 1.82) is 0 Å². The molecule has 0 radical (unpaired) electrons. The zero-order valence-electron chi connectivity index (χ0n) is 18.2. The van der Waals surface area contributed by atoms with Crippen LogP contribution < -0.4 is 10.0 Å². The molecule has 174 valence electrons. The van der Waals surface area contributed by atoms with Crippen molar-refractivity contribution in [2.24, 2.45) is 0 Å². The topological polar surface area (TPSA) is 95.5 Å². The highest BCUT2D eigenvalue weighted by Crippen LogP contribution is 2.58. The maximum absolute atomic E-state index is 13.3. The number of halogens is 1. The van der Waals surface area contributed by atoms with Gasteiger partial charge in [-0.15, -0.1) is 11.3 Å². The number of sulfonamides is 1. The molecule has 6 nitrogen and oxygen atoms in total. The summed E-state index contributed by atoms with van der Waals surface area (Å²) in [4.78, 5) is 13.3. The Hall–Kier alpha value is -2.23. The number of nitrogens with one attached hydrogen (secondary N) is 2. The summed E-state index contributed by atoms with van der Waals surface area (Å²) in [5, 5.41) is 14.1. The molecule has 1 aromatic heterocycles. The van der Waals surface area contributed by atoms with Crippen LogP contribution in [0, 0.1) is 0 Å². The number of hydrogen-bond acceptors (Lipinski definition) is 5. The largest absolute Gasteiger partial charge is 0.480 e. The molecule has 2 unspecified atom stereocenters. The predicted molar refractivity (Wildman–Crippen MR) is 131 cm³/mol. The Kier molecular flexibility index (Phi) is 6.41.